The lowest BCUT2D eigenvalue weighted by Gasteiger charge is -2.16. The van der Waals surface area contributed by atoms with Gasteiger partial charge in [0.2, 0.25) is 5.65 Å². The predicted molar refractivity (Wildman–Crippen MR) is 125 cm³/mol. The van der Waals surface area contributed by atoms with E-state index in [0.717, 1.165) is 17.6 Å². The molecule has 32 heavy (non-hydrogen) atoms. The summed E-state index contributed by atoms with van der Waals surface area (Å²) >= 11 is 0. The van der Waals surface area contributed by atoms with Crippen molar-refractivity contribution in [1.29, 1.82) is 0 Å². The fourth-order valence-electron chi connectivity index (χ4n) is 3.25. The van der Waals surface area contributed by atoms with E-state index in [1.165, 1.54) is 0 Å². The van der Waals surface area contributed by atoms with Crippen LogP contribution in [0.4, 0.5) is 22.0 Å². The van der Waals surface area contributed by atoms with Crippen LogP contribution in [0.5, 0.6) is 0 Å². The van der Waals surface area contributed by atoms with Crippen LogP contribution in [-0.2, 0) is 6.54 Å². The largest absolute Gasteiger partial charge is 0.362 e. The highest BCUT2D eigenvalue weighted by Gasteiger charge is 2.11. The Kier molecular flexibility index (Phi) is 6.02. The molecular formula is C22H27N9O. The molecule has 166 valence electrons. The topological polar surface area (TPSA) is 115 Å². The minimum atomic E-state index is -0.325. The van der Waals surface area contributed by atoms with E-state index in [1.54, 1.807) is 23.3 Å². The van der Waals surface area contributed by atoms with E-state index < -0.39 is 0 Å². The number of aromatic nitrogens is 6. The van der Waals surface area contributed by atoms with Gasteiger partial charge in [-0.1, -0.05) is 12.1 Å². The second-order valence-corrected chi connectivity index (χ2v) is 7.82. The Morgan fingerprint density at radius 3 is 2.66 bits per heavy atom. The van der Waals surface area contributed by atoms with Crippen molar-refractivity contribution in [3.63, 3.8) is 0 Å². The lowest BCUT2D eigenvalue weighted by Crippen LogP contribution is -2.19. The smallest absolute Gasteiger partial charge is 0.323 e. The Bertz CT molecular complexity index is 1230. The fraction of sp³-hybridized carbons (Fsp3) is 0.318. The van der Waals surface area contributed by atoms with Crippen molar-refractivity contribution in [3.8, 4) is 0 Å². The summed E-state index contributed by atoms with van der Waals surface area (Å²) in [6.07, 6.45) is 7.01. The molecule has 3 N–H and O–H groups in total. The maximum absolute atomic E-state index is 12.4. The molecule has 0 fully saturated rings. The highest BCUT2D eigenvalue weighted by atomic mass is 16.2. The van der Waals surface area contributed by atoms with Crippen LogP contribution in [-0.4, -0.2) is 35.6 Å². The summed E-state index contributed by atoms with van der Waals surface area (Å²) < 4.78 is 3.60. The van der Waals surface area contributed by atoms with E-state index in [9.17, 15) is 4.79 Å². The van der Waals surface area contributed by atoms with Gasteiger partial charge in [-0.15, -0.1) is 0 Å². The van der Waals surface area contributed by atoms with Crippen molar-refractivity contribution in [1.82, 2.24) is 29.5 Å². The van der Waals surface area contributed by atoms with Crippen molar-refractivity contribution in [2.24, 2.45) is 0 Å². The molecule has 1 aromatic carbocycles. The molecule has 4 aromatic rings. The number of benzene rings is 1. The molecule has 0 saturated carbocycles. The molecule has 10 nitrogen and oxygen atoms in total. The van der Waals surface area contributed by atoms with E-state index in [2.05, 4.69) is 36.1 Å². The zero-order valence-electron chi connectivity index (χ0n) is 18.6. The summed E-state index contributed by atoms with van der Waals surface area (Å²) in [5.74, 6) is 0.643. The fourth-order valence-corrected chi connectivity index (χ4v) is 3.25. The Morgan fingerprint density at radius 1 is 1.09 bits per heavy atom. The number of hydrogen-bond acceptors (Lipinski definition) is 6. The standard InChI is InChI=1S/C22H27N9O/c1-5-30-13-19-21(29-30)28-20(11-23-19)25-15(4)16-7-6-8-17(9-16)26-22(32)27-18-10-24-31(12-18)14(2)3/h6-15H,5H2,1-4H3,(H,25,28,29)(H2,26,27,32)/t15-/m0/s1. The third-order valence-corrected chi connectivity index (χ3v) is 5.00. The number of hydrogen-bond donors (Lipinski definition) is 3. The number of carbonyl (C=O) groups is 1. The van der Waals surface area contributed by atoms with Gasteiger partial charge >= 0.3 is 6.03 Å². The number of carbonyl (C=O) groups excluding carboxylic acids is 1. The average molecular weight is 434 g/mol. The summed E-state index contributed by atoms with van der Waals surface area (Å²) in [5, 5.41) is 17.7. The Hall–Kier alpha value is -3.95. The van der Waals surface area contributed by atoms with Crippen LogP contribution in [0.3, 0.4) is 0 Å². The summed E-state index contributed by atoms with van der Waals surface area (Å²) in [6, 6.07) is 7.51. The zero-order valence-corrected chi connectivity index (χ0v) is 18.6. The van der Waals surface area contributed by atoms with Gasteiger partial charge in [-0.25, -0.2) is 14.8 Å². The molecule has 0 aliphatic carbocycles. The van der Waals surface area contributed by atoms with Crippen molar-refractivity contribution >= 4 is 34.4 Å². The van der Waals surface area contributed by atoms with Gasteiger partial charge in [0.05, 0.1) is 30.3 Å². The molecule has 0 saturated heterocycles. The van der Waals surface area contributed by atoms with E-state index in [-0.39, 0.29) is 18.1 Å². The minimum absolute atomic E-state index is 0.0518. The Morgan fingerprint density at radius 2 is 1.91 bits per heavy atom. The van der Waals surface area contributed by atoms with Gasteiger partial charge in [0, 0.05) is 24.5 Å². The van der Waals surface area contributed by atoms with Crippen molar-refractivity contribution in [2.45, 2.75) is 46.3 Å². The number of aryl methyl sites for hydroxylation is 1. The second-order valence-electron chi connectivity index (χ2n) is 7.82. The first kappa shape index (κ1) is 21.3. The number of nitrogens with zero attached hydrogens (tertiary/aromatic N) is 6. The van der Waals surface area contributed by atoms with Gasteiger partial charge in [0.15, 0.2) is 0 Å². The van der Waals surface area contributed by atoms with Crippen molar-refractivity contribution < 1.29 is 4.79 Å². The van der Waals surface area contributed by atoms with Crippen molar-refractivity contribution in [3.05, 3.63) is 54.6 Å². The third kappa shape index (κ3) is 4.85. The Labute approximate surface area is 186 Å². The number of fused-ring (bicyclic) bond motifs is 1. The molecule has 0 spiro atoms. The van der Waals surface area contributed by atoms with E-state index >= 15 is 0 Å². The van der Waals surface area contributed by atoms with Crippen LogP contribution in [0.15, 0.2) is 49.1 Å². The quantitative estimate of drug-likeness (QED) is 0.397. The summed E-state index contributed by atoms with van der Waals surface area (Å²) in [6.45, 7) is 8.87. The maximum atomic E-state index is 12.4. The molecular weight excluding hydrogens is 406 g/mol. The molecule has 3 heterocycles. The molecule has 3 aromatic heterocycles. The summed E-state index contributed by atoms with van der Waals surface area (Å²) in [7, 11) is 0. The highest BCUT2D eigenvalue weighted by Crippen LogP contribution is 2.22. The van der Waals surface area contributed by atoms with Gasteiger partial charge in [-0.3, -0.25) is 9.36 Å². The zero-order chi connectivity index (χ0) is 22.7. The van der Waals surface area contributed by atoms with Crippen LogP contribution in [0.2, 0.25) is 0 Å². The first-order valence-corrected chi connectivity index (χ1v) is 10.6. The number of anilines is 3. The van der Waals surface area contributed by atoms with Crippen LogP contribution in [0, 0.1) is 0 Å². The molecule has 4 rings (SSSR count). The predicted octanol–water partition coefficient (Wildman–Crippen LogP) is 4.44. The molecule has 0 aliphatic rings. The van der Waals surface area contributed by atoms with E-state index in [4.69, 9.17) is 0 Å². The van der Waals surface area contributed by atoms with Gasteiger partial charge in [-0.2, -0.15) is 10.2 Å². The van der Waals surface area contributed by atoms with Gasteiger partial charge < -0.3 is 16.0 Å². The molecule has 0 radical (unpaired) electrons. The second kappa shape index (κ2) is 9.04. The minimum Gasteiger partial charge on any atom is -0.362 e. The van der Waals surface area contributed by atoms with E-state index in [1.807, 2.05) is 62.8 Å². The molecule has 10 heteroatoms. The van der Waals surface area contributed by atoms with Gasteiger partial charge in [0.1, 0.15) is 11.3 Å². The number of rotatable bonds is 7. The normalized spacial score (nSPS) is 12.2. The third-order valence-electron chi connectivity index (χ3n) is 5.00. The number of nitrogens with one attached hydrogen (secondary N) is 3. The molecule has 0 aliphatic heterocycles. The van der Waals surface area contributed by atoms with Gasteiger partial charge in [-0.05, 0) is 45.4 Å². The maximum Gasteiger partial charge on any atom is 0.323 e. The summed E-state index contributed by atoms with van der Waals surface area (Å²) in [4.78, 5) is 21.4. The molecule has 2 amide bonds. The van der Waals surface area contributed by atoms with Crippen LogP contribution in [0.25, 0.3) is 11.2 Å². The van der Waals surface area contributed by atoms with Crippen LogP contribution < -0.4 is 16.0 Å². The number of amides is 2. The Balaban J connectivity index is 1.40. The van der Waals surface area contributed by atoms with Crippen molar-refractivity contribution in [2.75, 3.05) is 16.0 Å². The molecule has 1 atom stereocenters. The average Bonchev–Trinajstić information content (AvgIpc) is 3.40. The van der Waals surface area contributed by atoms with E-state index in [0.29, 0.717) is 22.8 Å². The van der Waals surface area contributed by atoms with Crippen LogP contribution >= 0.6 is 0 Å². The highest BCUT2D eigenvalue weighted by molar-refractivity contribution is 5.99. The SMILES string of the molecule is CCn1cc2ncc(N[C@@H](C)c3cccc(NC(=O)Nc4cnn(C(C)C)c4)c3)nc2n1. The first-order valence-electron chi connectivity index (χ1n) is 10.6. The lowest BCUT2D eigenvalue weighted by molar-refractivity contribution is 0.262. The lowest BCUT2D eigenvalue weighted by atomic mass is 10.1. The monoisotopic (exact) mass is 433 g/mol. The van der Waals surface area contributed by atoms with Gasteiger partial charge in [0.25, 0.3) is 0 Å². The first-order chi connectivity index (χ1) is 15.4. The molecule has 0 bridgehead atoms. The van der Waals surface area contributed by atoms with Crippen LogP contribution in [0.1, 0.15) is 45.3 Å². The number of urea groups is 1. The summed E-state index contributed by atoms with van der Waals surface area (Å²) in [5.41, 5.74) is 3.70. The molecule has 0 unspecified atom stereocenters.